The normalized spacial score (nSPS) is 17.0. The first kappa shape index (κ1) is 23.6. The maximum Gasteiger partial charge on any atom is 0.405 e. The predicted molar refractivity (Wildman–Crippen MR) is 96.6 cm³/mol. The summed E-state index contributed by atoms with van der Waals surface area (Å²) in [5.74, 6) is -0.692. The summed E-state index contributed by atoms with van der Waals surface area (Å²) >= 11 is 0. The monoisotopic (exact) mass is 430 g/mol. The maximum absolute atomic E-state index is 13.3. The standard InChI is InChI=1S/C15H21F3N4O3S.ClH/c1-19-26(24,25)12-4-2-11(3-5-12)14(23)21-10-13(15(16,17)18)22-8-6-20-7-9-22;/h2-5,13,19-20H,6-10H2,1H3,(H,21,23);1H. The fraction of sp³-hybridized carbons (Fsp3) is 0.533. The molecule has 0 aromatic heterocycles. The number of hydrogen-bond donors (Lipinski definition) is 3. The van der Waals surface area contributed by atoms with Crippen LogP contribution in [-0.2, 0) is 10.0 Å². The molecule has 1 heterocycles. The van der Waals surface area contributed by atoms with E-state index < -0.39 is 34.7 Å². The predicted octanol–water partition coefficient (Wildman–Crippen LogP) is 0.582. The SMILES string of the molecule is CNS(=O)(=O)c1ccc(C(=O)NCC(N2CCNCC2)C(F)(F)F)cc1.Cl. The Balaban J connectivity index is 0.00000364. The molecule has 1 unspecified atom stereocenters. The lowest BCUT2D eigenvalue weighted by molar-refractivity contribution is -0.183. The van der Waals surface area contributed by atoms with Crippen LogP contribution in [0.25, 0.3) is 0 Å². The molecule has 27 heavy (non-hydrogen) atoms. The minimum atomic E-state index is -4.46. The van der Waals surface area contributed by atoms with Crippen LogP contribution in [0, 0.1) is 0 Å². The van der Waals surface area contributed by atoms with Crippen molar-refractivity contribution < 1.29 is 26.4 Å². The molecule has 1 amide bonds. The summed E-state index contributed by atoms with van der Waals surface area (Å²) in [5.41, 5.74) is 0.0845. The van der Waals surface area contributed by atoms with Crippen LogP contribution in [0.4, 0.5) is 13.2 Å². The van der Waals surface area contributed by atoms with Gasteiger partial charge in [0.1, 0.15) is 6.04 Å². The van der Waals surface area contributed by atoms with E-state index in [4.69, 9.17) is 0 Å². The second-order valence-electron chi connectivity index (χ2n) is 5.79. The van der Waals surface area contributed by atoms with Crippen molar-refractivity contribution in [3.63, 3.8) is 0 Å². The van der Waals surface area contributed by atoms with E-state index in [9.17, 15) is 26.4 Å². The molecule has 3 N–H and O–H groups in total. The topological polar surface area (TPSA) is 90.5 Å². The van der Waals surface area contributed by atoms with Crippen LogP contribution in [0.2, 0.25) is 0 Å². The van der Waals surface area contributed by atoms with Crippen molar-refractivity contribution >= 4 is 28.3 Å². The van der Waals surface area contributed by atoms with Gasteiger partial charge in [0.15, 0.2) is 0 Å². The number of piperazine rings is 1. The molecule has 1 aliphatic rings. The second-order valence-corrected chi connectivity index (χ2v) is 7.67. The first-order valence-electron chi connectivity index (χ1n) is 7.98. The lowest BCUT2D eigenvalue weighted by Gasteiger charge is -2.35. The lowest BCUT2D eigenvalue weighted by atomic mass is 10.1. The van der Waals surface area contributed by atoms with Crippen LogP contribution in [-0.4, -0.2) is 71.2 Å². The second kappa shape index (κ2) is 9.69. The number of nitrogens with one attached hydrogen (secondary N) is 3. The number of carbonyl (C=O) groups is 1. The van der Waals surface area contributed by atoms with Crippen molar-refractivity contribution in [1.29, 1.82) is 0 Å². The largest absolute Gasteiger partial charge is 0.405 e. The summed E-state index contributed by atoms with van der Waals surface area (Å²) in [7, 11) is -2.39. The van der Waals surface area contributed by atoms with E-state index in [1.807, 2.05) is 0 Å². The van der Waals surface area contributed by atoms with Gasteiger partial charge < -0.3 is 10.6 Å². The molecular formula is C15H22ClF3N4O3S. The smallest absolute Gasteiger partial charge is 0.350 e. The van der Waals surface area contributed by atoms with Gasteiger partial charge in [-0.25, -0.2) is 13.1 Å². The van der Waals surface area contributed by atoms with E-state index >= 15 is 0 Å². The van der Waals surface area contributed by atoms with Crippen LogP contribution in [0.5, 0.6) is 0 Å². The van der Waals surface area contributed by atoms with Gasteiger partial charge in [-0.1, -0.05) is 0 Å². The number of nitrogens with zero attached hydrogens (tertiary/aromatic N) is 1. The maximum atomic E-state index is 13.3. The number of amides is 1. The van der Waals surface area contributed by atoms with Crippen LogP contribution in [0.3, 0.4) is 0 Å². The molecule has 0 aliphatic carbocycles. The van der Waals surface area contributed by atoms with Crippen LogP contribution in [0.15, 0.2) is 29.2 Å². The molecule has 0 bridgehead atoms. The number of hydrogen-bond acceptors (Lipinski definition) is 5. The number of benzene rings is 1. The van der Waals surface area contributed by atoms with Gasteiger partial charge in [0.05, 0.1) is 4.90 Å². The molecule has 0 saturated carbocycles. The Labute approximate surface area is 162 Å². The summed E-state index contributed by atoms with van der Waals surface area (Å²) in [6, 6.07) is 3.19. The van der Waals surface area contributed by atoms with E-state index in [1.165, 1.54) is 36.2 Å². The van der Waals surface area contributed by atoms with Crippen molar-refractivity contribution in [2.75, 3.05) is 39.8 Å². The van der Waals surface area contributed by atoms with Crippen molar-refractivity contribution in [1.82, 2.24) is 20.3 Å². The van der Waals surface area contributed by atoms with Crippen LogP contribution in [0.1, 0.15) is 10.4 Å². The molecule has 2 rings (SSSR count). The van der Waals surface area contributed by atoms with Crippen molar-refractivity contribution in [3.8, 4) is 0 Å². The summed E-state index contributed by atoms with van der Waals surface area (Å²) in [6.45, 7) is 0.843. The third-order valence-electron chi connectivity index (χ3n) is 4.12. The molecule has 1 aromatic carbocycles. The number of halogens is 4. The number of carbonyl (C=O) groups excluding carboxylic acids is 1. The Kier molecular flexibility index (Phi) is 8.48. The zero-order valence-electron chi connectivity index (χ0n) is 14.5. The number of alkyl halides is 3. The zero-order valence-corrected chi connectivity index (χ0v) is 16.2. The summed E-state index contributed by atoms with van der Waals surface area (Å²) in [5, 5.41) is 5.27. The molecular weight excluding hydrogens is 409 g/mol. The Morgan fingerprint density at radius 3 is 2.26 bits per heavy atom. The highest BCUT2D eigenvalue weighted by atomic mass is 35.5. The van der Waals surface area contributed by atoms with Crippen molar-refractivity contribution in [2.24, 2.45) is 0 Å². The van der Waals surface area contributed by atoms with E-state index in [2.05, 4.69) is 15.4 Å². The van der Waals surface area contributed by atoms with Gasteiger partial charge in [-0.2, -0.15) is 13.2 Å². The number of rotatable bonds is 6. The highest BCUT2D eigenvalue weighted by molar-refractivity contribution is 7.89. The molecule has 7 nitrogen and oxygen atoms in total. The highest BCUT2D eigenvalue weighted by Crippen LogP contribution is 2.25. The van der Waals surface area contributed by atoms with Crippen LogP contribution >= 0.6 is 12.4 Å². The Hall–Kier alpha value is -1.40. The summed E-state index contributed by atoms with van der Waals surface area (Å²) in [4.78, 5) is 13.4. The number of sulfonamides is 1. The molecule has 1 atom stereocenters. The van der Waals surface area contributed by atoms with Gasteiger partial charge in [0.2, 0.25) is 10.0 Å². The Bertz CT molecular complexity index is 723. The minimum absolute atomic E-state index is 0. The Morgan fingerprint density at radius 1 is 1.22 bits per heavy atom. The summed E-state index contributed by atoms with van der Waals surface area (Å²) < 4.78 is 65.3. The lowest BCUT2D eigenvalue weighted by Crippen LogP contribution is -2.57. The van der Waals surface area contributed by atoms with Crippen molar-refractivity contribution in [2.45, 2.75) is 17.1 Å². The first-order valence-corrected chi connectivity index (χ1v) is 9.47. The van der Waals surface area contributed by atoms with E-state index in [0.717, 1.165) is 0 Å². The molecule has 0 spiro atoms. The van der Waals surface area contributed by atoms with Gasteiger partial charge >= 0.3 is 6.18 Å². The molecule has 0 radical (unpaired) electrons. The summed E-state index contributed by atoms with van der Waals surface area (Å²) in [6.07, 6.45) is -4.46. The van der Waals surface area contributed by atoms with E-state index in [0.29, 0.717) is 13.1 Å². The molecule has 1 saturated heterocycles. The average Bonchev–Trinajstić information content (AvgIpc) is 2.61. The molecule has 154 valence electrons. The van der Waals surface area contributed by atoms with E-state index in [1.54, 1.807) is 0 Å². The molecule has 12 heteroatoms. The van der Waals surface area contributed by atoms with Gasteiger partial charge in [-0.15, -0.1) is 12.4 Å². The van der Waals surface area contributed by atoms with Gasteiger partial charge in [0, 0.05) is 38.3 Å². The zero-order chi connectivity index (χ0) is 19.4. The van der Waals surface area contributed by atoms with E-state index in [-0.39, 0.29) is 36.0 Å². The molecule has 1 aromatic rings. The molecule has 1 aliphatic heterocycles. The fourth-order valence-electron chi connectivity index (χ4n) is 2.64. The minimum Gasteiger partial charge on any atom is -0.350 e. The van der Waals surface area contributed by atoms with Gasteiger partial charge in [-0.05, 0) is 31.3 Å². The Morgan fingerprint density at radius 2 is 1.78 bits per heavy atom. The fourth-order valence-corrected chi connectivity index (χ4v) is 3.37. The first-order chi connectivity index (χ1) is 12.1. The highest BCUT2D eigenvalue weighted by Gasteiger charge is 2.43. The third-order valence-corrected chi connectivity index (χ3v) is 5.55. The van der Waals surface area contributed by atoms with Crippen LogP contribution < -0.4 is 15.4 Å². The van der Waals surface area contributed by atoms with Crippen molar-refractivity contribution in [3.05, 3.63) is 29.8 Å². The van der Waals surface area contributed by atoms with Gasteiger partial charge in [-0.3, -0.25) is 9.69 Å². The van der Waals surface area contributed by atoms with Gasteiger partial charge in [0.25, 0.3) is 5.91 Å². The average molecular weight is 431 g/mol. The molecule has 1 fully saturated rings. The third kappa shape index (κ3) is 6.32. The quantitative estimate of drug-likeness (QED) is 0.614.